The van der Waals surface area contributed by atoms with Crippen LogP contribution in [0.25, 0.3) is 11.1 Å². The summed E-state index contributed by atoms with van der Waals surface area (Å²) in [6, 6.07) is 19.0. The first-order valence-electron chi connectivity index (χ1n) is 15.1. The van der Waals surface area contributed by atoms with Crippen molar-refractivity contribution in [3.8, 4) is 22.6 Å². The van der Waals surface area contributed by atoms with Gasteiger partial charge in [-0.1, -0.05) is 69.3 Å². The van der Waals surface area contributed by atoms with Crippen LogP contribution in [0.5, 0.6) is 11.5 Å². The molecule has 0 radical (unpaired) electrons. The third-order valence-corrected chi connectivity index (χ3v) is 7.13. The Hall–Kier alpha value is -5.06. The molecule has 46 heavy (non-hydrogen) atoms. The van der Waals surface area contributed by atoms with Gasteiger partial charge < -0.3 is 34.7 Å². The molecule has 11 heteroatoms. The largest absolute Gasteiger partial charge is 0.507 e. The molecule has 1 atom stereocenters. The summed E-state index contributed by atoms with van der Waals surface area (Å²) < 4.78 is 21.3. The maximum Gasteiger partial charge on any atom is 0.407 e. The highest BCUT2D eigenvalue weighted by atomic mass is 16.6. The molecule has 0 aromatic heterocycles. The van der Waals surface area contributed by atoms with Gasteiger partial charge in [0.15, 0.2) is 0 Å². The lowest BCUT2D eigenvalue weighted by Crippen LogP contribution is -2.49. The SMILES string of the molecule is CCOC(=O)[C@H](CNC(=O)c1ccc(OCCC(=O)OCC2c3ccccc3-c3ccccc32)cc1O)NC(=O)OCC(C)(C)C. The molecule has 0 unspecified atom stereocenters. The molecule has 0 fully saturated rings. The van der Waals surface area contributed by atoms with Crippen molar-refractivity contribution < 1.29 is 43.2 Å². The minimum atomic E-state index is -1.21. The summed E-state index contributed by atoms with van der Waals surface area (Å²) in [6.45, 7) is 7.37. The van der Waals surface area contributed by atoms with Crippen LogP contribution in [0.2, 0.25) is 0 Å². The quantitative estimate of drug-likeness (QED) is 0.176. The topological polar surface area (TPSA) is 149 Å². The zero-order valence-corrected chi connectivity index (χ0v) is 26.5. The lowest BCUT2D eigenvalue weighted by Gasteiger charge is -2.21. The number of carbonyl (C=O) groups is 4. The molecule has 3 aromatic carbocycles. The standard InChI is InChI=1S/C35H40N2O9/c1-5-43-33(41)29(37-34(42)46-21-35(2,3)4)19-36-32(40)27-15-14-22(18-30(27)38)44-17-16-31(39)45-20-28-25-12-8-6-10-23(25)24-11-7-9-13-26(24)28/h6-15,18,28-29,38H,5,16-17,19-21H2,1-4H3,(H,36,40)(H,37,42)/t29-/m0/s1. The summed E-state index contributed by atoms with van der Waals surface area (Å²) in [5, 5.41) is 15.4. The van der Waals surface area contributed by atoms with Crippen LogP contribution in [0.15, 0.2) is 66.7 Å². The highest BCUT2D eigenvalue weighted by Crippen LogP contribution is 2.44. The maximum absolute atomic E-state index is 12.8. The number of carbonyl (C=O) groups excluding carboxylic acids is 4. The van der Waals surface area contributed by atoms with Gasteiger partial charge >= 0.3 is 18.0 Å². The zero-order chi connectivity index (χ0) is 33.3. The number of phenolic OH excluding ortho intramolecular Hbond substituents is 1. The van der Waals surface area contributed by atoms with Gasteiger partial charge in [-0.25, -0.2) is 9.59 Å². The van der Waals surface area contributed by atoms with Crippen molar-refractivity contribution in [1.29, 1.82) is 0 Å². The van der Waals surface area contributed by atoms with Crippen molar-refractivity contribution in [3.63, 3.8) is 0 Å². The molecule has 0 bridgehead atoms. The molecule has 4 rings (SSSR count). The van der Waals surface area contributed by atoms with Crippen LogP contribution in [-0.4, -0.2) is 68.1 Å². The highest BCUT2D eigenvalue weighted by Gasteiger charge is 2.29. The second-order valence-electron chi connectivity index (χ2n) is 12.0. The van der Waals surface area contributed by atoms with Crippen molar-refractivity contribution in [2.45, 2.75) is 46.1 Å². The molecule has 0 saturated heterocycles. The van der Waals surface area contributed by atoms with E-state index in [0.29, 0.717) is 0 Å². The molecule has 3 aromatic rings. The van der Waals surface area contributed by atoms with E-state index in [9.17, 15) is 24.3 Å². The average Bonchev–Trinajstić information content (AvgIpc) is 3.34. The number of alkyl carbamates (subject to hydrolysis) is 1. The van der Waals surface area contributed by atoms with E-state index in [-0.39, 0.29) is 67.8 Å². The predicted octanol–water partition coefficient (Wildman–Crippen LogP) is 4.95. The number of aromatic hydroxyl groups is 1. The van der Waals surface area contributed by atoms with E-state index in [1.165, 1.54) is 18.2 Å². The van der Waals surface area contributed by atoms with Crippen molar-refractivity contribution in [1.82, 2.24) is 10.6 Å². The number of esters is 2. The average molecular weight is 633 g/mol. The Morgan fingerprint density at radius 2 is 1.54 bits per heavy atom. The third kappa shape index (κ3) is 8.99. The molecule has 0 saturated carbocycles. The Morgan fingerprint density at radius 1 is 0.891 bits per heavy atom. The predicted molar refractivity (Wildman–Crippen MR) is 170 cm³/mol. The molecule has 3 N–H and O–H groups in total. The second kappa shape index (κ2) is 15.3. The van der Waals surface area contributed by atoms with E-state index < -0.39 is 30.0 Å². The minimum Gasteiger partial charge on any atom is -0.507 e. The van der Waals surface area contributed by atoms with Crippen LogP contribution in [0.1, 0.15) is 61.5 Å². The van der Waals surface area contributed by atoms with Gasteiger partial charge in [-0.05, 0) is 46.7 Å². The number of hydrogen-bond acceptors (Lipinski definition) is 9. The molecule has 1 aliphatic rings. The fourth-order valence-electron chi connectivity index (χ4n) is 4.93. The number of ether oxygens (including phenoxy) is 4. The Kier molecular flexibility index (Phi) is 11.2. The monoisotopic (exact) mass is 632 g/mol. The number of phenols is 1. The smallest absolute Gasteiger partial charge is 0.407 e. The summed E-state index contributed by atoms with van der Waals surface area (Å²) in [5.41, 5.74) is 4.18. The summed E-state index contributed by atoms with van der Waals surface area (Å²) in [5.74, 6) is -2.04. The van der Waals surface area contributed by atoms with Gasteiger partial charge in [-0.2, -0.15) is 0 Å². The normalized spacial score (nSPS) is 12.7. The molecule has 11 nitrogen and oxygen atoms in total. The van der Waals surface area contributed by atoms with Crippen molar-refractivity contribution in [2.75, 3.05) is 33.0 Å². The number of benzene rings is 3. The maximum atomic E-state index is 12.8. The van der Waals surface area contributed by atoms with Crippen molar-refractivity contribution in [2.24, 2.45) is 5.41 Å². The Morgan fingerprint density at radius 3 is 2.15 bits per heavy atom. The first-order chi connectivity index (χ1) is 22.0. The van der Waals surface area contributed by atoms with Crippen molar-refractivity contribution in [3.05, 3.63) is 83.4 Å². The van der Waals surface area contributed by atoms with Crippen LogP contribution in [0, 0.1) is 5.41 Å². The lowest BCUT2D eigenvalue weighted by molar-refractivity contribution is -0.145. The molecule has 0 aliphatic heterocycles. The number of rotatable bonds is 13. The van der Waals surface area contributed by atoms with Crippen molar-refractivity contribution >= 4 is 23.9 Å². The number of nitrogens with one attached hydrogen (secondary N) is 2. The first kappa shape index (κ1) is 33.8. The van der Waals surface area contributed by atoms with E-state index in [2.05, 4.69) is 22.8 Å². The molecular formula is C35H40N2O9. The molecule has 1 aliphatic carbocycles. The molecular weight excluding hydrogens is 592 g/mol. The van der Waals surface area contributed by atoms with E-state index in [4.69, 9.17) is 18.9 Å². The minimum absolute atomic E-state index is 0.000139. The van der Waals surface area contributed by atoms with Gasteiger partial charge in [0.25, 0.3) is 5.91 Å². The molecule has 0 heterocycles. The molecule has 2 amide bonds. The van der Waals surface area contributed by atoms with Crippen LogP contribution in [0.4, 0.5) is 4.79 Å². The summed E-state index contributed by atoms with van der Waals surface area (Å²) in [4.78, 5) is 49.8. The van der Waals surface area contributed by atoms with Gasteiger partial charge in [0.05, 0.1) is 31.8 Å². The number of fused-ring (bicyclic) bond motifs is 3. The van der Waals surface area contributed by atoms with Gasteiger partial charge in [0, 0.05) is 18.5 Å². The van der Waals surface area contributed by atoms with Gasteiger partial charge in [-0.3, -0.25) is 9.59 Å². The Bertz CT molecular complexity index is 1520. The van der Waals surface area contributed by atoms with Crippen LogP contribution < -0.4 is 15.4 Å². The van der Waals surface area contributed by atoms with Gasteiger partial charge in [0.1, 0.15) is 24.1 Å². The Labute approximate surface area is 268 Å². The zero-order valence-electron chi connectivity index (χ0n) is 26.5. The first-order valence-corrected chi connectivity index (χ1v) is 15.1. The lowest BCUT2D eigenvalue weighted by atomic mass is 9.98. The van der Waals surface area contributed by atoms with E-state index >= 15 is 0 Å². The summed E-state index contributed by atoms with van der Waals surface area (Å²) in [7, 11) is 0. The summed E-state index contributed by atoms with van der Waals surface area (Å²) >= 11 is 0. The third-order valence-electron chi connectivity index (χ3n) is 7.13. The number of amides is 2. The highest BCUT2D eigenvalue weighted by molar-refractivity contribution is 5.97. The second-order valence-corrected chi connectivity index (χ2v) is 12.0. The molecule has 244 valence electrons. The van der Waals surface area contributed by atoms with Gasteiger partial charge in [0.2, 0.25) is 0 Å². The van der Waals surface area contributed by atoms with Crippen LogP contribution in [-0.2, 0) is 23.8 Å². The summed E-state index contributed by atoms with van der Waals surface area (Å²) in [6.07, 6.45) is -0.843. The fraction of sp³-hybridized carbons (Fsp3) is 0.371. The van der Waals surface area contributed by atoms with Crippen LogP contribution in [0.3, 0.4) is 0 Å². The van der Waals surface area contributed by atoms with E-state index in [0.717, 1.165) is 22.3 Å². The number of hydrogen-bond donors (Lipinski definition) is 3. The fourth-order valence-corrected chi connectivity index (χ4v) is 4.93. The Balaban J connectivity index is 1.25. The molecule has 0 spiro atoms. The van der Waals surface area contributed by atoms with E-state index in [1.807, 2.05) is 57.2 Å². The van der Waals surface area contributed by atoms with Crippen LogP contribution >= 0.6 is 0 Å². The van der Waals surface area contributed by atoms with E-state index in [1.54, 1.807) is 6.92 Å². The van der Waals surface area contributed by atoms with Gasteiger partial charge in [-0.15, -0.1) is 0 Å².